The zero-order chi connectivity index (χ0) is 13.1. The van der Waals surface area contributed by atoms with Crippen LogP contribution in [0.3, 0.4) is 0 Å². The molecule has 2 aromatic carbocycles. The average Bonchev–Trinajstić information content (AvgIpc) is 2.35. The Kier molecular flexibility index (Phi) is 3.58. The lowest BCUT2D eigenvalue weighted by Gasteiger charge is -2.07. The van der Waals surface area contributed by atoms with Gasteiger partial charge in [0.2, 0.25) is 0 Å². The number of hydrogen-bond donors (Lipinski definition) is 1. The Morgan fingerprint density at radius 1 is 1.06 bits per heavy atom. The van der Waals surface area contributed by atoms with Crippen LogP contribution in [0.25, 0.3) is 0 Å². The summed E-state index contributed by atoms with van der Waals surface area (Å²) in [5.41, 5.74) is 0.433. The minimum absolute atomic E-state index is 0.112. The van der Waals surface area contributed by atoms with Crippen molar-refractivity contribution in [3.63, 3.8) is 0 Å². The summed E-state index contributed by atoms with van der Waals surface area (Å²) in [7, 11) is 0. The van der Waals surface area contributed by atoms with Crippen LogP contribution in [0, 0.1) is 11.6 Å². The Balaban J connectivity index is 2.27. The number of hydrogen-bond acceptors (Lipinski definition) is 1. The normalized spacial score (nSPS) is 10.2. The van der Waals surface area contributed by atoms with E-state index < -0.39 is 17.5 Å². The van der Waals surface area contributed by atoms with Crippen LogP contribution in [0.2, 0.25) is 5.02 Å². The molecule has 0 unspecified atom stereocenters. The van der Waals surface area contributed by atoms with E-state index in [1.54, 1.807) is 30.3 Å². The van der Waals surface area contributed by atoms with E-state index in [0.29, 0.717) is 5.69 Å². The fourth-order valence-electron chi connectivity index (χ4n) is 1.42. The Labute approximate surface area is 107 Å². The lowest BCUT2D eigenvalue weighted by Crippen LogP contribution is -2.13. The number of halogens is 3. The number of carbonyl (C=O) groups is 1. The molecule has 0 radical (unpaired) electrons. The molecule has 0 spiro atoms. The average molecular weight is 268 g/mol. The number of anilines is 1. The van der Waals surface area contributed by atoms with Gasteiger partial charge in [0, 0.05) is 5.69 Å². The van der Waals surface area contributed by atoms with Crippen molar-refractivity contribution >= 4 is 23.2 Å². The number of benzene rings is 2. The number of amides is 1. The first-order valence-electron chi connectivity index (χ1n) is 5.09. The van der Waals surface area contributed by atoms with E-state index in [2.05, 4.69) is 5.32 Å². The fraction of sp³-hybridized carbons (Fsp3) is 0. The zero-order valence-corrected chi connectivity index (χ0v) is 9.84. The molecular formula is C13H8ClF2NO. The molecule has 0 atom stereocenters. The lowest BCUT2D eigenvalue weighted by atomic mass is 10.2. The van der Waals surface area contributed by atoms with Crippen molar-refractivity contribution < 1.29 is 13.6 Å². The van der Waals surface area contributed by atoms with Crippen LogP contribution in [0.4, 0.5) is 14.5 Å². The molecule has 18 heavy (non-hydrogen) atoms. The first kappa shape index (κ1) is 12.5. The summed E-state index contributed by atoms with van der Waals surface area (Å²) in [6, 6.07) is 10.2. The second-order valence-corrected chi connectivity index (χ2v) is 3.97. The van der Waals surface area contributed by atoms with Gasteiger partial charge in [0.25, 0.3) is 5.91 Å². The first-order valence-corrected chi connectivity index (χ1v) is 5.46. The van der Waals surface area contributed by atoms with Gasteiger partial charge in [0.15, 0.2) is 11.6 Å². The van der Waals surface area contributed by atoms with E-state index in [1.807, 2.05) is 0 Å². The number of carbonyl (C=O) groups excluding carboxylic acids is 1. The maximum Gasteiger partial charge on any atom is 0.257 e. The molecule has 2 aromatic rings. The van der Waals surface area contributed by atoms with Crippen LogP contribution in [-0.2, 0) is 0 Å². The summed E-state index contributed by atoms with van der Waals surface area (Å²) >= 11 is 5.70. The van der Waals surface area contributed by atoms with E-state index in [0.717, 1.165) is 12.1 Å². The van der Waals surface area contributed by atoms with Gasteiger partial charge in [-0.15, -0.1) is 0 Å². The molecular weight excluding hydrogens is 260 g/mol. The summed E-state index contributed by atoms with van der Waals surface area (Å²) in [5.74, 6) is -2.79. The summed E-state index contributed by atoms with van der Waals surface area (Å²) in [6.07, 6.45) is 0. The summed E-state index contributed by atoms with van der Waals surface area (Å²) in [4.78, 5) is 11.8. The standard InChI is InChI=1S/C13H8ClF2NO/c14-10-7-12(16)11(15)6-9(10)13(18)17-8-4-2-1-3-5-8/h1-7H,(H,17,18). The molecule has 1 N–H and O–H groups in total. The first-order chi connectivity index (χ1) is 8.58. The van der Waals surface area contributed by atoms with Crippen molar-refractivity contribution in [1.82, 2.24) is 0 Å². The maximum atomic E-state index is 13.0. The minimum atomic E-state index is -1.11. The molecule has 5 heteroatoms. The van der Waals surface area contributed by atoms with Gasteiger partial charge in [-0.25, -0.2) is 8.78 Å². The van der Waals surface area contributed by atoms with Crippen LogP contribution >= 0.6 is 11.6 Å². The highest BCUT2D eigenvalue weighted by Gasteiger charge is 2.14. The van der Waals surface area contributed by atoms with Crippen molar-refractivity contribution in [3.8, 4) is 0 Å². The molecule has 2 rings (SSSR count). The van der Waals surface area contributed by atoms with E-state index in [9.17, 15) is 13.6 Å². The SMILES string of the molecule is O=C(Nc1ccccc1)c1cc(F)c(F)cc1Cl. The molecule has 0 saturated carbocycles. The molecule has 0 bridgehead atoms. The summed E-state index contributed by atoms with van der Waals surface area (Å²) < 4.78 is 25.9. The second-order valence-electron chi connectivity index (χ2n) is 3.57. The molecule has 1 amide bonds. The monoisotopic (exact) mass is 267 g/mol. The van der Waals surface area contributed by atoms with Gasteiger partial charge in [-0.05, 0) is 24.3 Å². The number of rotatable bonds is 2. The van der Waals surface area contributed by atoms with Crippen LogP contribution < -0.4 is 5.32 Å². The second kappa shape index (κ2) is 5.14. The maximum absolute atomic E-state index is 13.0. The van der Waals surface area contributed by atoms with E-state index in [-0.39, 0.29) is 10.6 Å². The highest BCUT2D eigenvalue weighted by atomic mass is 35.5. The number of nitrogens with one attached hydrogen (secondary N) is 1. The third-order valence-electron chi connectivity index (χ3n) is 2.29. The fourth-order valence-corrected chi connectivity index (χ4v) is 1.65. The lowest BCUT2D eigenvalue weighted by molar-refractivity contribution is 0.102. The van der Waals surface area contributed by atoms with Gasteiger partial charge in [-0.2, -0.15) is 0 Å². The van der Waals surface area contributed by atoms with Crippen LogP contribution in [0.15, 0.2) is 42.5 Å². The van der Waals surface area contributed by atoms with E-state index in [4.69, 9.17) is 11.6 Å². The van der Waals surface area contributed by atoms with Crippen molar-refractivity contribution in [2.24, 2.45) is 0 Å². The molecule has 92 valence electrons. The van der Waals surface area contributed by atoms with Crippen molar-refractivity contribution in [2.75, 3.05) is 5.32 Å². The number of para-hydroxylation sites is 1. The highest BCUT2D eigenvalue weighted by molar-refractivity contribution is 6.34. The summed E-state index contributed by atoms with van der Waals surface area (Å²) in [5, 5.41) is 2.40. The predicted molar refractivity (Wildman–Crippen MR) is 65.8 cm³/mol. The van der Waals surface area contributed by atoms with Gasteiger partial charge in [0.05, 0.1) is 10.6 Å². The molecule has 0 aliphatic rings. The van der Waals surface area contributed by atoms with E-state index in [1.165, 1.54) is 0 Å². The van der Waals surface area contributed by atoms with Gasteiger partial charge < -0.3 is 5.32 Å². The molecule has 0 heterocycles. The van der Waals surface area contributed by atoms with Crippen LogP contribution in [0.5, 0.6) is 0 Å². The topological polar surface area (TPSA) is 29.1 Å². The Morgan fingerprint density at radius 2 is 1.67 bits per heavy atom. The molecule has 0 fully saturated rings. The summed E-state index contributed by atoms with van der Waals surface area (Å²) in [6.45, 7) is 0. The van der Waals surface area contributed by atoms with E-state index >= 15 is 0 Å². The van der Waals surface area contributed by atoms with Crippen LogP contribution in [-0.4, -0.2) is 5.91 Å². The van der Waals surface area contributed by atoms with Gasteiger partial charge in [0.1, 0.15) is 0 Å². The molecule has 0 aliphatic carbocycles. The quantitative estimate of drug-likeness (QED) is 0.822. The van der Waals surface area contributed by atoms with Gasteiger partial charge in [-0.3, -0.25) is 4.79 Å². The molecule has 2 nitrogen and oxygen atoms in total. The highest BCUT2D eigenvalue weighted by Crippen LogP contribution is 2.21. The Hall–Kier alpha value is -1.94. The van der Waals surface area contributed by atoms with Gasteiger partial charge in [-0.1, -0.05) is 29.8 Å². The Morgan fingerprint density at radius 3 is 2.33 bits per heavy atom. The molecule has 0 aromatic heterocycles. The van der Waals surface area contributed by atoms with Crippen LogP contribution in [0.1, 0.15) is 10.4 Å². The zero-order valence-electron chi connectivity index (χ0n) is 9.08. The van der Waals surface area contributed by atoms with Crippen molar-refractivity contribution in [3.05, 3.63) is 64.7 Å². The third-order valence-corrected chi connectivity index (χ3v) is 2.60. The predicted octanol–water partition coefficient (Wildman–Crippen LogP) is 3.87. The Bertz CT molecular complexity index is 587. The van der Waals surface area contributed by atoms with Gasteiger partial charge >= 0.3 is 0 Å². The third kappa shape index (κ3) is 2.65. The largest absolute Gasteiger partial charge is 0.322 e. The van der Waals surface area contributed by atoms with Crippen molar-refractivity contribution in [2.45, 2.75) is 0 Å². The van der Waals surface area contributed by atoms with Crippen molar-refractivity contribution in [1.29, 1.82) is 0 Å². The smallest absolute Gasteiger partial charge is 0.257 e. The molecule has 0 saturated heterocycles. The minimum Gasteiger partial charge on any atom is -0.322 e. The molecule has 0 aliphatic heterocycles.